The first-order valence-electron chi connectivity index (χ1n) is 5.52. The van der Waals surface area contributed by atoms with Gasteiger partial charge in [-0.25, -0.2) is 4.39 Å². The number of rotatable bonds is 4. The molecule has 5 heteroatoms. The van der Waals surface area contributed by atoms with E-state index >= 15 is 0 Å². The molecule has 1 aromatic rings. The third-order valence-corrected chi connectivity index (χ3v) is 3.02. The van der Waals surface area contributed by atoms with E-state index in [0.29, 0.717) is 5.56 Å². The summed E-state index contributed by atoms with van der Waals surface area (Å²) < 4.78 is 23.1. The van der Waals surface area contributed by atoms with Gasteiger partial charge in [0.1, 0.15) is 0 Å². The first kappa shape index (κ1) is 14.4. The molecule has 1 rings (SSSR count). The Morgan fingerprint density at radius 1 is 1.39 bits per heavy atom. The van der Waals surface area contributed by atoms with Crippen molar-refractivity contribution in [1.82, 2.24) is 0 Å². The minimum atomic E-state index is -0.935. The average molecular weight is 255 g/mol. The van der Waals surface area contributed by atoms with Crippen LogP contribution in [0.2, 0.25) is 0 Å². The fourth-order valence-electron chi connectivity index (χ4n) is 1.68. The van der Waals surface area contributed by atoms with Gasteiger partial charge in [-0.05, 0) is 31.5 Å². The maximum absolute atomic E-state index is 13.6. The molecule has 0 aliphatic rings. The number of halogens is 1. The van der Waals surface area contributed by atoms with E-state index in [1.54, 1.807) is 19.9 Å². The Bertz CT molecular complexity index is 446. The van der Waals surface area contributed by atoms with Crippen molar-refractivity contribution in [1.29, 1.82) is 0 Å². The molecular formula is C13H18FNO3. The highest BCUT2D eigenvalue weighted by atomic mass is 19.1. The zero-order valence-electron chi connectivity index (χ0n) is 11.0. The summed E-state index contributed by atoms with van der Waals surface area (Å²) in [5.41, 5.74) is 5.58. The molecule has 1 aromatic carbocycles. The van der Waals surface area contributed by atoms with Crippen molar-refractivity contribution in [2.45, 2.75) is 19.9 Å². The molecule has 18 heavy (non-hydrogen) atoms. The topological polar surface area (TPSA) is 61.5 Å². The molecule has 0 bridgehead atoms. The smallest absolute Gasteiger partial charge is 0.313 e. The van der Waals surface area contributed by atoms with E-state index in [-0.39, 0.29) is 5.75 Å². The molecule has 4 nitrogen and oxygen atoms in total. The van der Waals surface area contributed by atoms with E-state index in [1.807, 2.05) is 0 Å². The van der Waals surface area contributed by atoms with Gasteiger partial charge in [-0.2, -0.15) is 0 Å². The fraction of sp³-hybridized carbons (Fsp3) is 0.462. The summed E-state index contributed by atoms with van der Waals surface area (Å²) in [4.78, 5) is 11.6. The van der Waals surface area contributed by atoms with E-state index in [2.05, 4.69) is 0 Å². The Balaban J connectivity index is 3.07. The summed E-state index contributed by atoms with van der Waals surface area (Å²) in [5, 5.41) is 0. The van der Waals surface area contributed by atoms with Crippen LogP contribution in [-0.4, -0.2) is 20.2 Å². The molecule has 0 spiro atoms. The molecule has 0 radical (unpaired) electrons. The molecule has 0 heterocycles. The molecule has 0 unspecified atom stereocenters. The predicted octanol–water partition coefficient (Wildman–Crippen LogP) is 2.03. The van der Waals surface area contributed by atoms with Crippen LogP contribution in [-0.2, 0) is 9.53 Å². The number of hydrogen-bond acceptors (Lipinski definition) is 4. The third kappa shape index (κ3) is 2.61. The van der Waals surface area contributed by atoms with E-state index in [4.69, 9.17) is 15.2 Å². The Morgan fingerprint density at radius 2 is 2.00 bits per heavy atom. The van der Waals surface area contributed by atoms with Gasteiger partial charge in [-0.3, -0.25) is 4.79 Å². The second kappa shape index (κ2) is 5.35. The molecule has 2 N–H and O–H groups in total. The Hall–Kier alpha value is -1.62. The van der Waals surface area contributed by atoms with Gasteiger partial charge in [0.25, 0.3) is 0 Å². The molecule has 0 saturated heterocycles. The lowest BCUT2D eigenvalue weighted by Crippen LogP contribution is -2.37. The number of ether oxygens (including phenoxy) is 2. The van der Waals surface area contributed by atoms with Crippen LogP contribution < -0.4 is 10.5 Å². The number of benzene rings is 1. The lowest BCUT2D eigenvalue weighted by molar-refractivity contribution is -0.152. The molecular weight excluding hydrogens is 237 g/mol. The SMILES string of the molecule is COC(=O)C(C)(C)[C@H](N)c1ccc(OC)c(F)c1. The van der Waals surface area contributed by atoms with Crippen LogP contribution in [0.5, 0.6) is 5.75 Å². The normalized spacial score (nSPS) is 13.0. The Kier molecular flexibility index (Phi) is 4.29. The van der Waals surface area contributed by atoms with Crippen LogP contribution in [0.4, 0.5) is 4.39 Å². The summed E-state index contributed by atoms with van der Waals surface area (Å²) >= 11 is 0. The number of hydrogen-bond donors (Lipinski definition) is 1. The van der Waals surface area contributed by atoms with E-state index in [0.717, 1.165) is 0 Å². The average Bonchev–Trinajstić information content (AvgIpc) is 2.36. The number of nitrogens with two attached hydrogens (primary N) is 1. The summed E-state index contributed by atoms with van der Waals surface area (Å²) in [5.74, 6) is -0.806. The molecule has 0 amide bonds. The Labute approximate surface area is 106 Å². The lowest BCUT2D eigenvalue weighted by Gasteiger charge is -2.29. The minimum absolute atomic E-state index is 0.141. The molecule has 0 saturated carbocycles. The van der Waals surface area contributed by atoms with Crippen molar-refractivity contribution in [3.8, 4) is 5.75 Å². The zero-order valence-corrected chi connectivity index (χ0v) is 11.0. The highest BCUT2D eigenvalue weighted by Crippen LogP contribution is 2.33. The van der Waals surface area contributed by atoms with Crippen molar-refractivity contribution < 1.29 is 18.7 Å². The van der Waals surface area contributed by atoms with Gasteiger partial charge >= 0.3 is 5.97 Å². The second-order valence-electron chi connectivity index (χ2n) is 4.58. The Morgan fingerprint density at radius 3 is 2.44 bits per heavy atom. The van der Waals surface area contributed by atoms with Gasteiger partial charge in [0, 0.05) is 6.04 Å². The van der Waals surface area contributed by atoms with Crippen molar-refractivity contribution in [2.24, 2.45) is 11.1 Å². The molecule has 100 valence electrons. The van der Waals surface area contributed by atoms with Gasteiger partial charge in [-0.1, -0.05) is 6.07 Å². The zero-order chi connectivity index (χ0) is 13.9. The minimum Gasteiger partial charge on any atom is -0.494 e. The molecule has 0 aromatic heterocycles. The highest BCUT2D eigenvalue weighted by molar-refractivity contribution is 5.77. The first-order chi connectivity index (χ1) is 8.34. The quantitative estimate of drug-likeness (QED) is 0.836. The molecule has 0 fully saturated rings. The van der Waals surface area contributed by atoms with Crippen molar-refractivity contribution in [3.63, 3.8) is 0 Å². The third-order valence-electron chi connectivity index (χ3n) is 3.02. The van der Waals surface area contributed by atoms with Crippen LogP contribution in [0, 0.1) is 11.2 Å². The highest BCUT2D eigenvalue weighted by Gasteiger charge is 2.36. The van der Waals surface area contributed by atoms with Crippen LogP contribution in [0.25, 0.3) is 0 Å². The van der Waals surface area contributed by atoms with E-state index < -0.39 is 23.2 Å². The number of esters is 1. The van der Waals surface area contributed by atoms with Gasteiger partial charge < -0.3 is 15.2 Å². The number of methoxy groups -OCH3 is 2. The van der Waals surface area contributed by atoms with E-state index in [1.165, 1.54) is 26.4 Å². The van der Waals surface area contributed by atoms with Gasteiger partial charge in [0.2, 0.25) is 0 Å². The molecule has 1 atom stereocenters. The maximum Gasteiger partial charge on any atom is 0.313 e. The second-order valence-corrected chi connectivity index (χ2v) is 4.58. The lowest BCUT2D eigenvalue weighted by atomic mass is 9.81. The van der Waals surface area contributed by atoms with E-state index in [9.17, 15) is 9.18 Å². The number of carbonyl (C=O) groups is 1. The van der Waals surface area contributed by atoms with Crippen molar-refractivity contribution in [3.05, 3.63) is 29.6 Å². The summed E-state index contributed by atoms with van der Waals surface area (Å²) in [6, 6.07) is 3.73. The molecule has 0 aliphatic heterocycles. The van der Waals surface area contributed by atoms with Crippen LogP contribution in [0.1, 0.15) is 25.5 Å². The standard InChI is InChI=1S/C13H18FNO3/c1-13(2,12(16)18-4)11(15)8-5-6-10(17-3)9(14)7-8/h5-7,11H,15H2,1-4H3/t11-/m1/s1. The van der Waals surface area contributed by atoms with Crippen molar-refractivity contribution >= 4 is 5.97 Å². The van der Waals surface area contributed by atoms with Gasteiger partial charge in [-0.15, -0.1) is 0 Å². The largest absolute Gasteiger partial charge is 0.494 e. The van der Waals surface area contributed by atoms with Crippen LogP contribution in [0.15, 0.2) is 18.2 Å². The monoisotopic (exact) mass is 255 g/mol. The molecule has 0 aliphatic carbocycles. The summed E-state index contributed by atoms with van der Waals surface area (Å²) in [6.45, 7) is 3.32. The fourth-order valence-corrected chi connectivity index (χ4v) is 1.68. The number of carbonyl (C=O) groups excluding carboxylic acids is 1. The predicted molar refractivity (Wildman–Crippen MR) is 65.7 cm³/mol. The summed E-state index contributed by atoms with van der Waals surface area (Å²) in [7, 11) is 2.68. The first-order valence-corrected chi connectivity index (χ1v) is 5.52. The van der Waals surface area contributed by atoms with Gasteiger partial charge in [0.15, 0.2) is 11.6 Å². The summed E-state index contributed by atoms with van der Waals surface area (Å²) in [6.07, 6.45) is 0. The van der Waals surface area contributed by atoms with Gasteiger partial charge in [0.05, 0.1) is 19.6 Å². The van der Waals surface area contributed by atoms with Crippen LogP contribution in [0.3, 0.4) is 0 Å². The maximum atomic E-state index is 13.6. The van der Waals surface area contributed by atoms with Crippen molar-refractivity contribution in [2.75, 3.05) is 14.2 Å². The van der Waals surface area contributed by atoms with Crippen LogP contribution >= 0.6 is 0 Å².